The minimum Gasteiger partial charge on any atom is -0.378 e. The maximum Gasteiger partial charge on any atom is 0.389 e. The van der Waals surface area contributed by atoms with Crippen LogP contribution < -0.4 is 20.4 Å². The van der Waals surface area contributed by atoms with Gasteiger partial charge in [-0.25, -0.2) is 9.78 Å². The van der Waals surface area contributed by atoms with Crippen molar-refractivity contribution in [1.29, 1.82) is 0 Å². The normalized spacial score (nSPS) is 22.0. The molecule has 2 amide bonds. The zero-order valence-corrected chi connectivity index (χ0v) is 22.6. The van der Waals surface area contributed by atoms with Crippen LogP contribution in [0.2, 0.25) is 0 Å². The number of carbonyl (C=O) groups is 1. The molecule has 2 atom stereocenters. The van der Waals surface area contributed by atoms with Gasteiger partial charge in [-0.1, -0.05) is 6.07 Å². The number of urea groups is 1. The number of anilines is 3. The van der Waals surface area contributed by atoms with Crippen molar-refractivity contribution in [3.63, 3.8) is 0 Å². The molecule has 5 rings (SSSR count). The Balaban J connectivity index is 1.38. The number of hydrogen-bond acceptors (Lipinski definition) is 6. The van der Waals surface area contributed by atoms with E-state index in [0.29, 0.717) is 37.9 Å². The third-order valence-electron chi connectivity index (χ3n) is 7.95. The van der Waals surface area contributed by atoms with Gasteiger partial charge in [0.15, 0.2) is 0 Å². The van der Waals surface area contributed by atoms with E-state index in [0.717, 1.165) is 60.9 Å². The SMILES string of the molecule is CN[C@@H]1CCN(c2cc(-c3cc(NC(=O)N4CC[C@@H](CC(F)(F)F)C4)ccc3C)cc(N3CCOCC3)n2)C1. The number of nitrogens with zero attached hydrogens (tertiary/aromatic N) is 4. The molecule has 3 fully saturated rings. The number of nitrogens with one attached hydrogen (secondary N) is 2. The Bertz CT molecular complexity index is 1170. The predicted molar refractivity (Wildman–Crippen MR) is 146 cm³/mol. The number of ether oxygens (including phenoxy) is 1. The second-order valence-corrected chi connectivity index (χ2v) is 10.8. The number of carbonyl (C=O) groups excluding carboxylic acids is 1. The van der Waals surface area contributed by atoms with Crippen LogP contribution in [0, 0.1) is 12.8 Å². The minimum atomic E-state index is -4.21. The Labute approximate surface area is 227 Å². The summed E-state index contributed by atoms with van der Waals surface area (Å²) >= 11 is 0. The zero-order valence-electron chi connectivity index (χ0n) is 22.6. The van der Waals surface area contributed by atoms with E-state index in [2.05, 4.69) is 32.6 Å². The molecule has 3 aliphatic heterocycles. The van der Waals surface area contributed by atoms with Crippen LogP contribution in [0.25, 0.3) is 11.1 Å². The summed E-state index contributed by atoms with van der Waals surface area (Å²) in [6.45, 7) is 7.15. The summed E-state index contributed by atoms with van der Waals surface area (Å²) < 4.78 is 43.9. The molecule has 1 aromatic heterocycles. The summed E-state index contributed by atoms with van der Waals surface area (Å²) in [7, 11) is 1.99. The van der Waals surface area contributed by atoms with Gasteiger partial charge in [0.25, 0.3) is 0 Å². The summed E-state index contributed by atoms with van der Waals surface area (Å²) in [5, 5.41) is 6.27. The molecule has 0 unspecified atom stereocenters. The molecule has 3 saturated heterocycles. The van der Waals surface area contributed by atoms with Crippen LogP contribution in [0.1, 0.15) is 24.8 Å². The van der Waals surface area contributed by atoms with Gasteiger partial charge in [0.05, 0.1) is 13.2 Å². The van der Waals surface area contributed by atoms with Crippen molar-refractivity contribution in [1.82, 2.24) is 15.2 Å². The lowest BCUT2D eigenvalue weighted by Crippen LogP contribution is -2.37. The van der Waals surface area contributed by atoms with Crippen molar-refractivity contribution in [3.8, 4) is 11.1 Å². The Morgan fingerprint density at radius 1 is 1.03 bits per heavy atom. The molecule has 3 aliphatic rings. The van der Waals surface area contributed by atoms with E-state index >= 15 is 0 Å². The molecule has 0 radical (unpaired) electrons. The first kappa shape index (κ1) is 27.5. The summed E-state index contributed by atoms with van der Waals surface area (Å²) in [6.07, 6.45) is -3.65. The number of halogens is 3. The molecule has 2 aromatic rings. The second kappa shape index (κ2) is 11.6. The largest absolute Gasteiger partial charge is 0.389 e. The van der Waals surface area contributed by atoms with Crippen LogP contribution in [0.3, 0.4) is 0 Å². The van der Waals surface area contributed by atoms with Gasteiger partial charge >= 0.3 is 12.2 Å². The number of rotatable bonds is 6. The van der Waals surface area contributed by atoms with Crippen LogP contribution in [0.4, 0.5) is 35.3 Å². The fourth-order valence-corrected chi connectivity index (χ4v) is 5.70. The fourth-order valence-electron chi connectivity index (χ4n) is 5.70. The molecule has 39 heavy (non-hydrogen) atoms. The van der Waals surface area contributed by atoms with Crippen LogP contribution in [-0.4, -0.2) is 87.7 Å². The van der Waals surface area contributed by atoms with Crippen molar-refractivity contribution >= 4 is 23.4 Å². The highest BCUT2D eigenvalue weighted by atomic mass is 19.4. The van der Waals surface area contributed by atoms with E-state index in [1.165, 1.54) is 4.90 Å². The Morgan fingerprint density at radius 3 is 2.46 bits per heavy atom. The zero-order chi connectivity index (χ0) is 27.6. The summed E-state index contributed by atoms with van der Waals surface area (Å²) in [4.78, 5) is 24.0. The first-order chi connectivity index (χ1) is 18.7. The quantitative estimate of drug-likeness (QED) is 0.556. The number of aromatic nitrogens is 1. The average Bonchev–Trinajstić information content (AvgIpc) is 3.59. The molecule has 0 bridgehead atoms. The summed E-state index contributed by atoms with van der Waals surface area (Å²) in [5.41, 5.74) is 3.66. The highest BCUT2D eigenvalue weighted by Crippen LogP contribution is 2.34. The summed E-state index contributed by atoms with van der Waals surface area (Å²) in [6, 6.07) is 10.00. The topological polar surface area (TPSA) is 73.0 Å². The maximum atomic E-state index is 12.9. The number of aryl methyl sites for hydroxylation is 1. The predicted octanol–water partition coefficient (Wildman–Crippen LogP) is 4.50. The van der Waals surface area contributed by atoms with E-state index in [4.69, 9.17) is 9.72 Å². The van der Waals surface area contributed by atoms with Crippen molar-refractivity contribution in [3.05, 3.63) is 35.9 Å². The molecule has 11 heteroatoms. The number of alkyl halides is 3. The average molecular weight is 547 g/mol. The number of likely N-dealkylation sites (N-methyl/N-ethyl adjacent to an activating group) is 1. The van der Waals surface area contributed by atoms with Gasteiger partial charge in [0.2, 0.25) is 0 Å². The first-order valence-electron chi connectivity index (χ1n) is 13.7. The van der Waals surface area contributed by atoms with Gasteiger partial charge in [0, 0.05) is 57.4 Å². The number of likely N-dealkylation sites (tertiary alicyclic amines) is 1. The number of benzene rings is 1. The van der Waals surface area contributed by atoms with Gasteiger partial charge in [-0.3, -0.25) is 0 Å². The molecule has 0 saturated carbocycles. The molecule has 0 aliphatic carbocycles. The Hall–Kier alpha value is -3.05. The van der Waals surface area contributed by atoms with Gasteiger partial charge in [-0.2, -0.15) is 13.2 Å². The Kier molecular flexibility index (Phi) is 8.18. The molecule has 0 spiro atoms. The van der Waals surface area contributed by atoms with Crippen molar-refractivity contribution in [2.75, 3.05) is 74.6 Å². The maximum absolute atomic E-state index is 12.9. The van der Waals surface area contributed by atoms with Gasteiger partial charge in [0.1, 0.15) is 11.6 Å². The molecule has 2 N–H and O–H groups in total. The molecule has 212 valence electrons. The fraction of sp³-hybridized carbons (Fsp3) is 0.571. The van der Waals surface area contributed by atoms with Gasteiger partial charge in [-0.05, 0) is 73.7 Å². The van der Waals surface area contributed by atoms with Gasteiger partial charge < -0.3 is 30.1 Å². The van der Waals surface area contributed by atoms with E-state index in [9.17, 15) is 18.0 Å². The van der Waals surface area contributed by atoms with Crippen molar-refractivity contribution in [2.45, 2.75) is 38.4 Å². The monoisotopic (exact) mass is 546 g/mol. The van der Waals surface area contributed by atoms with Crippen LogP contribution in [-0.2, 0) is 4.74 Å². The first-order valence-corrected chi connectivity index (χ1v) is 13.7. The lowest BCUT2D eigenvalue weighted by atomic mass is 10.00. The number of hydrogen-bond donors (Lipinski definition) is 2. The Morgan fingerprint density at radius 2 is 1.77 bits per heavy atom. The second-order valence-electron chi connectivity index (χ2n) is 10.8. The highest BCUT2D eigenvalue weighted by molar-refractivity contribution is 5.91. The van der Waals surface area contributed by atoms with E-state index in [1.54, 1.807) is 0 Å². The number of morpholine rings is 1. The third-order valence-corrected chi connectivity index (χ3v) is 7.95. The van der Waals surface area contributed by atoms with Crippen LogP contribution >= 0.6 is 0 Å². The third kappa shape index (κ3) is 6.75. The lowest BCUT2D eigenvalue weighted by molar-refractivity contribution is -0.143. The van der Waals surface area contributed by atoms with Crippen LogP contribution in [0.5, 0.6) is 0 Å². The standard InChI is InChI=1S/C28H37F3N6O2/c1-19-3-4-22(33-27(38)37-7-5-20(17-37)16-28(29,30)31)15-24(19)21-13-25(35-9-11-39-12-10-35)34-26(14-21)36-8-6-23(18-36)32-2/h3-4,13-15,20,23,32H,5-12,16-18H2,1-2H3,(H,33,38)/t20-,23+/m0/s1. The minimum absolute atomic E-state index is 0.115. The van der Waals surface area contributed by atoms with Crippen LogP contribution in [0.15, 0.2) is 30.3 Å². The molecular weight excluding hydrogens is 509 g/mol. The number of pyridine rings is 1. The number of amides is 2. The van der Waals surface area contributed by atoms with Crippen molar-refractivity contribution in [2.24, 2.45) is 5.92 Å². The molecule has 1 aromatic carbocycles. The molecule has 8 nitrogen and oxygen atoms in total. The highest BCUT2D eigenvalue weighted by Gasteiger charge is 2.36. The molecular formula is C28H37F3N6O2. The van der Waals surface area contributed by atoms with E-state index in [1.807, 2.05) is 32.2 Å². The lowest BCUT2D eigenvalue weighted by Gasteiger charge is -2.29. The van der Waals surface area contributed by atoms with Crippen molar-refractivity contribution < 1.29 is 22.7 Å². The van der Waals surface area contributed by atoms with E-state index in [-0.39, 0.29) is 12.6 Å². The van der Waals surface area contributed by atoms with Gasteiger partial charge in [-0.15, -0.1) is 0 Å². The molecule has 4 heterocycles. The smallest absolute Gasteiger partial charge is 0.378 e. The summed E-state index contributed by atoms with van der Waals surface area (Å²) in [5.74, 6) is 1.28. The van der Waals surface area contributed by atoms with E-state index < -0.39 is 18.5 Å².